The van der Waals surface area contributed by atoms with E-state index in [-0.39, 0.29) is 18.6 Å². The van der Waals surface area contributed by atoms with Crippen molar-refractivity contribution in [1.82, 2.24) is 15.2 Å². The van der Waals surface area contributed by atoms with Crippen LogP contribution in [0.25, 0.3) is 0 Å². The predicted molar refractivity (Wildman–Crippen MR) is 107 cm³/mol. The molecule has 3 rings (SSSR count). The van der Waals surface area contributed by atoms with Gasteiger partial charge in [-0.3, -0.25) is 9.69 Å². The Morgan fingerprint density at radius 2 is 2.04 bits per heavy atom. The standard InChI is InChI=1S/C21H28N4O2/c1-2-22-21(27)18-8-9-20(23-14-18)25-12-11-24(19(16-25)10-13-26)15-17-6-4-3-5-7-17/h3-9,14,19,26H,2,10-13,15-16H2,1H3,(H,22,27)/t19-/m1/s1. The number of amides is 1. The lowest BCUT2D eigenvalue weighted by Crippen LogP contribution is -2.53. The Balaban J connectivity index is 1.66. The van der Waals surface area contributed by atoms with Gasteiger partial charge in [0.1, 0.15) is 5.82 Å². The van der Waals surface area contributed by atoms with Crippen LogP contribution in [0.5, 0.6) is 0 Å². The monoisotopic (exact) mass is 368 g/mol. The molecule has 6 nitrogen and oxygen atoms in total. The molecule has 1 aliphatic rings. The number of nitrogens with one attached hydrogen (secondary N) is 1. The van der Waals surface area contributed by atoms with Crippen molar-refractivity contribution in [3.63, 3.8) is 0 Å². The highest BCUT2D eigenvalue weighted by Gasteiger charge is 2.27. The van der Waals surface area contributed by atoms with Gasteiger partial charge in [0.05, 0.1) is 5.56 Å². The molecule has 0 bridgehead atoms. The Bertz CT molecular complexity index is 721. The molecule has 1 amide bonds. The number of aliphatic hydroxyl groups is 1. The summed E-state index contributed by atoms with van der Waals surface area (Å²) in [6.45, 7) is 6.18. The smallest absolute Gasteiger partial charge is 0.252 e. The molecular weight excluding hydrogens is 340 g/mol. The number of benzene rings is 1. The number of aliphatic hydroxyl groups excluding tert-OH is 1. The zero-order valence-electron chi connectivity index (χ0n) is 15.8. The highest BCUT2D eigenvalue weighted by atomic mass is 16.3. The summed E-state index contributed by atoms with van der Waals surface area (Å²) in [4.78, 5) is 21.1. The van der Waals surface area contributed by atoms with Gasteiger partial charge in [-0.25, -0.2) is 4.98 Å². The molecule has 1 aliphatic heterocycles. The van der Waals surface area contributed by atoms with E-state index >= 15 is 0 Å². The van der Waals surface area contributed by atoms with Crippen molar-refractivity contribution in [2.75, 3.05) is 37.7 Å². The molecule has 0 radical (unpaired) electrons. The third kappa shape index (κ3) is 5.05. The predicted octanol–water partition coefficient (Wildman–Crippen LogP) is 1.90. The zero-order chi connectivity index (χ0) is 19.1. The molecular formula is C21H28N4O2. The fourth-order valence-corrected chi connectivity index (χ4v) is 3.52. The molecule has 0 unspecified atom stereocenters. The second-order valence-corrected chi connectivity index (χ2v) is 6.83. The van der Waals surface area contributed by atoms with Crippen LogP contribution in [-0.2, 0) is 6.54 Å². The van der Waals surface area contributed by atoms with Crippen LogP contribution in [0.2, 0.25) is 0 Å². The molecule has 2 heterocycles. The summed E-state index contributed by atoms with van der Waals surface area (Å²) in [6.07, 6.45) is 2.37. The Morgan fingerprint density at radius 3 is 2.70 bits per heavy atom. The van der Waals surface area contributed by atoms with Gasteiger partial charge in [0, 0.05) is 51.6 Å². The molecule has 1 aromatic carbocycles. The molecule has 27 heavy (non-hydrogen) atoms. The average molecular weight is 368 g/mol. The number of hydrogen-bond acceptors (Lipinski definition) is 5. The van der Waals surface area contributed by atoms with E-state index in [4.69, 9.17) is 0 Å². The largest absolute Gasteiger partial charge is 0.396 e. The van der Waals surface area contributed by atoms with Crippen molar-refractivity contribution in [2.24, 2.45) is 0 Å². The third-order valence-electron chi connectivity index (χ3n) is 4.97. The molecule has 1 fully saturated rings. The summed E-state index contributed by atoms with van der Waals surface area (Å²) in [6, 6.07) is 14.4. The Hall–Kier alpha value is -2.44. The Labute approximate surface area is 160 Å². The first kappa shape index (κ1) is 19.3. The fraction of sp³-hybridized carbons (Fsp3) is 0.429. The number of anilines is 1. The van der Waals surface area contributed by atoms with Gasteiger partial charge in [0.15, 0.2) is 0 Å². The quantitative estimate of drug-likeness (QED) is 0.781. The number of aromatic nitrogens is 1. The lowest BCUT2D eigenvalue weighted by molar-refractivity contribution is 0.0955. The van der Waals surface area contributed by atoms with E-state index < -0.39 is 0 Å². The number of hydrogen-bond donors (Lipinski definition) is 2. The van der Waals surface area contributed by atoms with E-state index in [1.165, 1.54) is 5.56 Å². The molecule has 0 aliphatic carbocycles. The van der Waals surface area contributed by atoms with Gasteiger partial charge in [-0.05, 0) is 31.0 Å². The van der Waals surface area contributed by atoms with E-state index in [1.807, 2.05) is 25.1 Å². The fourth-order valence-electron chi connectivity index (χ4n) is 3.52. The average Bonchev–Trinajstić information content (AvgIpc) is 2.70. The van der Waals surface area contributed by atoms with Gasteiger partial charge in [-0.2, -0.15) is 0 Å². The van der Waals surface area contributed by atoms with Gasteiger partial charge >= 0.3 is 0 Å². The van der Waals surface area contributed by atoms with Gasteiger partial charge in [0.25, 0.3) is 5.91 Å². The molecule has 2 aromatic rings. The molecule has 144 valence electrons. The van der Waals surface area contributed by atoms with E-state index in [1.54, 1.807) is 6.20 Å². The van der Waals surface area contributed by atoms with Gasteiger partial charge < -0.3 is 15.3 Å². The van der Waals surface area contributed by atoms with Gasteiger partial charge in [0.2, 0.25) is 0 Å². The Morgan fingerprint density at radius 1 is 1.22 bits per heavy atom. The third-order valence-corrected chi connectivity index (χ3v) is 4.97. The van der Waals surface area contributed by atoms with E-state index in [2.05, 4.69) is 44.4 Å². The summed E-state index contributed by atoms with van der Waals surface area (Å²) in [5.41, 5.74) is 1.87. The van der Waals surface area contributed by atoms with Crippen molar-refractivity contribution < 1.29 is 9.90 Å². The van der Waals surface area contributed by atoms with Crippen LogP contribution in [-0.4, -0.2) is 59.7 Å². The van der Waals surface area contributed by atoms with Crippen molar-refractivity contribution in [2.45, 2.75) is 25.9 Å². The summed E-state index contributed by atoms with van der Waals surface area (Å²) >= 11 is 0. The van der Waals surface area contributed by atoms with Crippen molar-refractivity contribution in [1.29, 1.82) is 0 Å². The maximum Gasteiger partial charge on any atom is 0.252 e. The number of carbonyl (C=O) groups excluding carboxylic acids is 1. The van der Waals surface area contributed by atoms with Crippen LogP contribution in [0.3, 0.4) is 0 Å². The first-order valence-corrected chi connectivity index (χ1v) is 9.59. The summed E-state index contributed by atoms with van der Waals surface area (Å²) in [5.74, 6) is 0.785. The van der Waals surface area contributed by atoms with Crippen molar-refractivity contribution >= 4 is 11.7 Å². The molecule has 0 spiro atoms. The van der Waals surface area contributed by atoms with E-state index in [0.717, 1.165) is 38.4 Å². The van der Waals surface area contributed by atoms with Crippen molar-refractivity contribution in [3.8, 4) is 0 Å². The van der Waals surface area contributed by atoms with Gasteiger partial charge in [-0.1, -0.05) is 30.3 Å². The molecule has 0 saturated carbocycles. The van der Waals surface area contributed by atoms with Crippen LogP contribution in [0, 0.1) is 0 Å². The normalized spacial score (nSPS) is 17.7. The van der Waals surface area contributed by atoms with E-state index in [9.17, 15) is 9.90 Å². The van der Waals surface area contributed by atoms with Gasteiger partial charge in [-0.15, -0.1) is 0 Å². The maximum atomic E-state index is 11.9. The van der Waals surface area contributed by atoms with Crippen LogP contribution in [0.1, 0.15) is 29.3 Å². The minimum Gasteiger partial charge on any atom is -0.396 e. The number of pyridine rings is 1. The highest BCUT2D eigenvalue weighted by Crippen LogP contribution is 2.21. The highest BCUT2D eigenvalue weighted by molar-refractivity contribution is 5.94. The minimum absolute atomic E-state index is 0.0950. The lowest BCUT2D eigenvalue weighted by atomic mass is 10.1. The second kappa shape index (κ2) is 9.48. The topological polar surface area (TPSA) is 68.7 Å². The lowest BCUT2D eigenvalue weighted by Gasteiger charge is -2.42. The van der Waals surface area contributed by atoms with Crippen LogP contribution in [0.4, 0.5) is 5.82 Å². The molecule has 1 atom stereocenters. The Kier molecular flexibility index (Phi) is 6.79. The zero-order valence-corrected chi connectivity index (χ0v) is 15.8. The number of rotatable bonds is 7. The summed E-state index contributed by atoms with van der Waals surface area (Å²) in [7, 11) is 0. The molecule has 1 aromatic heterocycles. The molecule has 1 saturated heterocycles. The first-order chi connectivity index (χ1) is 13.2. The summed E-state index contributed by atoms with van der Waals surface area (Å²) < 4.78 is 0. The summed E-state index contributed by atoms with van der Waals surface area (Å²) in [5, 5.41) is 12.3. The number of nitrogens with zero attached hydrogens (tertiary/aromatic N) is 3. The van der Waals surface area contributed by atoms with E-state index in [0.29, 0.717) is 12.1 Å². The molecule has 6 heteroatoms. The minimum atomic E-state index is -0.0950. The maximum absolute atomic E-state index is 11.9. The van der Waals surface area contributed by atoms with Crippen molar-refractivity contribution in [3.05, 3.63) is 59.8 Å². The first-order valence-electron chi connectivity index (χ1n) is 9.59. The number of piperazine rings is 1. The second-order valence-electron chi connectivity index (χ2n) is 6.83. The SMILES string of the molecule is CCNC(=O)c1ccc(N2CCN(Cc3ccccc3)[C@H](CCO)C2)nc1. The molecule has 2 N–H and O–H groups in total. The van der Waals surface area contributed by atoms with Crippen LogP contribution < -0.4 is 10.2 Å². The van der Waals surface area contributed by atoms with Crippen LogP contribution >= 0.6 is 0 Å². The van der Waals surface area contributed by atoms with Crippen LogP contribution in [0.15, 0.2) is 48.7 Å². The number of carbonyl (C=O) groups is 1.